The highest BCUT2D eigenvalue weighted by molar-refractivity contribution is 5.96. The van der Waals surface area contributed by atoms with Crippen LogP contribution in [-0.2, 0) is 21.5 Å². The molecule has 0 aromatic heterocycles. The van der Waals surface area contributed by atoms with Crippen molar-refractivity contribution >= 4 is 11.8 Å². The molecule has 2 amide bonds. The van der Waals surface area contributed by atoms with Crippen molar-refractivity contribution in [3.63, 3.8) is 0 Å². The number of rotatable bonds is 5. The molecule has 0 radical (unpaired) electrons. The van der Waals surface area contributed by atoms with Crippen LogP contribution in [0.2, 0.25) is 0 Å². The second kappa shape index (κ2) is 6.96. The van der Waals surface area contributed by atoms with E-state index in [1.54, 1.807) is 10.4 Å². The minimum absolute atomic E-state index is 0.0318. The van der Waals surface area contributed by atoms with Crippen molar-refractivity contribution in [1.82, 2.24) is 10.4 Å². The number of hydrogen-bond acceptors (Lipinski definition) is 3. The first-order chi connectivity index (χ1) is 10.8. The number of amides is 2. The number of nitrogens with zero attached hydrogens (tertiary/aromatic N) is 1. The number of hydrogen-bond donors (Lipinski definition) is 2. The molecule has 1 aromatic rings. The molecule has 1 aliphatic heterocycles. The minimum atomic E-state index is -0.477. The molecule has 5 nitrogen and oxygen atoms in total. The smallest absolute Gasteiger partial charge is 0.250 e. The summed E-state index contributed by atoms with van der Waals surface area (Å²) in [5, 5.41) is 8.49. The molecule has 0 fully saturated rings. The summed E-state index contributed by atoms with van der Waals surface area (Å²) in [5.41, 5.74) is 4.69. The van der Waals surface area contributed by atoms with E-state index in [9.17, 15) is 9.59 Å². The van der Waals surface area contributed by atoms with Gasteiger partial charge in [0.25, 0.3) is 0 Å². The molecule has 124 valence electrons. The Hall–Kier alpha value is -2.14. The van der Waals surface area contributed by atoms with Crippen LogP contribution in [0.1, 0.15) is 44.7 Å². The third-order valence-electron chi connectivity index (χ3n) is 4.06. The normalized spacial score (nSPS) is 14.9. The predicted molar refractivity (Wildman–Crippen MR) is 87.8 cm³/mol. The Morgan fingerprint density at radius 2 is 1.91 bits per heavy atom. The molecular formula is C18H24N2O3. The van der Waals surface area contributed by atoms with Crippen LogP contribution >= 0.6 is 0 Å². The van der Waals surface area contributed by atoms with Crippen LogP contribution < -0.4 is 5.48 Å². The Labute approximate surface area is 136 Å². The number of nitrogens with one attached hydrogen (secondary N) is 1. The number of carbonyl (C=O) groups excluding carboxylic acids is 2. The van der Waals surface area contributed by atoms with Crippen molar-refractivity contribution in [1.29, 1.82) is 0 Å². The summed E-state index contributed by atoms with van der Waals surface area (Å²) < 4.78 is 0. The highest BCUT2D eigenvalue weighted by Gasteiger charge is 2.24. The molecular weight excluding hydrogens is 292 g/mol. The number of benzene rings is 1. The van der Waals surface area contributed by atoms with Gasteiger partial charge in [0.1, 0.15) is 0 Å². The van der Waals surface area contributed by atoms with Gasteiger partial charge in [-0.25, -0.2) is 5.48 Å². The third-order valence-corrected chi connectivity index (χ3v) is 4.06. The SMILES string of the molecule is CC(C)(C)c1ccc(CN2CC=C(CCC(=O)NO)C2=O)cc1. The third kappa shape index (κ3) is 4.42. The molecule has 0 bridgehead atoms. The summed E-state index contributed by atoms with van der Waals surface area (Å²) in [6.07, 6.45) is 2.32. The molecule has 1 aromatic carbocycles. The van der Waals surface area contributed by atoms with Crippen molar-refractivity contribution < 1.29 is 14.8 Å². The van der Waals surface area contributed by atoms with E-state index < -0.39 is 5.91 Å². The Bertz CT molecular complexity index is 612. The zero-order chi connectivity index (χ0) is 17.0. The molecule has 0 unspecified atom stereocenters. The van der Waals surface area contributed by atoms with Crippen molar-refractivity contribution in [2.45, 2.75) is 45.6 Å². The van der Waals surface area contributed by atoms with Crippen LogP contribution in [-0.4, -0.2) is 28.5 Å². The molecule has 1 aliphatic rings. The summed E-state index contributed by atoms with van der Waals surface area (Å²) in [7, 11) is 0. The first-order valence-corrected chi connectivity index (χ1v) is 7.82. The van der Waals surface area contributed by atoms with Gasteiger partial charge < -0.3 is 4.90 Å². The Balaban J connectivity index is 1.92. The summed E-state index contributed by atoms with van der Waals surface area (Å²) >= 11 is 0. The van der Waals surface area contributed by atoms with E-state index >= 15 is 0 Å². The van der Waals surface area contributed by atoms with Gasteiger partial charge in [-0.15, -0.1) is 0 Å². The Morgan fingerprint density at radius 3 is 2.48 bits per heavy atom. The fourth-order valence-electron chi connectivity index (χ4n) is 2.57. The van der Waals surface area contributed by atoms with Gasteiger partial charge in [0.05, 0.1) is 0 Å². The fourth-order valence-corrected chi connectivity index (χ4v) is 2.57. The minimum Gasteiger partial charge on any atom is -0.331 e. The maximum Gasteiger partial charge on any atom is 0.250 e. The zero-order valence-electron chi connectivity index (χ0n) is 13.9. The van der Waals surface area contributed by atoms with Gasteiger partial charge in [0.2, 0.25) is 11.8 Å². The zero-order valence-corrected chi connectivity index (χ0v) is 13.9. The lowest BCUT2D eigenvalue weighted by Gasteiger charge is -2.21. The average Bonchev–Trinajstić information content (AvgIpc) is 2.85. The lowest BCUT2D eigenvalue weighted by molar-refractivity contribution is -0.129. The Kier molecular flexibility index (Phi) is 5.21. The number of hydroxylamine groups is 1. The monoisotopic (exact) mass is 316 g/mol. The maximum atomic E-state index is 12.3. The summed E-state index contributed by atoms with van der Waals surface area (Å²) in [6.45, 7) is 7.64. The van der Waals surface area contributed by atoms with E-state index in [1.807, 2.05) is 6.08 Å². The summed E-state index contributed by atoms with van der Waals surface area (Å²) in [4.78, 5) is 25.1. The van der Waals surface area contributed by atoms with E-state index in [0.717, 1.165) is 5.56 Å². The van der Waals surface area contributed by atoms with Crippen LogP contribution in [0.15, 0.2) is 35.9 Å². The predicted octanol–water partition coefficient (Wildman–Crippen LogP) is 2.54. The topological polar surface area (TPSA) is 69.6 Å². The van der Waals surface area contributed by atoms with Crippen molar-refractivity contribution in [2.75, 3.05) is 6.54 Å². The lowest BCUT2D eigenvalue weighted by Crippen LogP contribution is -2.27. The first-order valence-electron chi connectivity index (χ1n) is 7.82. The van der Waals surface area contributed by atoms with Crippen LogP contribution in [0.3, 0.4) is 0 Å². The highest BCUT2D eigenvalue weighted by Crippen LogP contribution is 2.23. The van der Waals surface area contributed by atoms with Crippen LogP contribution in [0.4, 0.5) is 0 Å². The molecule has 0 atom stereocenters. The van der Waals surface area contributed by atoms with Crippen molar-refractivity contribution in [2.24, 2.45) is 0 Å². The quantitative estimate of drug-likeness (QED) is 0.648. The lowest BCUT2D eigenvalue weighted by atomic mass is 9.87. The second-order valence-corrected chi connectivity index (χ2v) is 6.90. The van der Waals surface area contributed by atoms with E-state index in [4.69, 9.17) is 5.21 Å². The standard InChI is InChI=1S/C18H24N2O3/c1-18(2,3)15-7-4-13(5-8-15)12-20-11-10-14(17(20)22)6-9-16(21)19-23/h4-5,7-8,10,23H,6,9,11-12H2,1-3H3,(H,19,21). The van der Waals surface area contributed by atoms with Gasteiger partial charge in [-0.3, -0.25) is 14.8 Å². The van der Waals surface area contributed by atoms with Crippen LogP contribution in [0.25, 0.3) is 0 Å². The van der Waals surface area contributed by atoms with E-state index in [-0.39, 0.29) is 17.7 Å². The maximum absolute atomic E-state index is 12.3. The van der Waals surface area contributed by atoms with Gasteiger partial charge in [-0.1, -0.05) is 51.1 Å². The van der Waals surface area contributed by atoms with E-state index in [1.165, 1.54) is 5.56 Å². The van der Waals surface area contributed by atoms with Crippen molar-refractivity contribution in [3.8, 4) is 0 Å². The molecule has 0 saturated carbocycles. The molecule has 23 heavy (non-hydrogen) atoms. The van der Waals surface area contributed by atoms with Gasteiger partial charge >= 0.3 is 0 Å². The molecule has 1 heterocycles. The van der Waals surface area contributed by atoms with Gasteiger partial charge in [0.15, 0.2) is 0 Å². The molecule has 5 heteroatoms. The molecule has 0 spiro atoms. The van der Waals surface area contributed by atoms with Crippen molar-refractivity contribution in [3.05, 3.63) is 47.0 Å². The molecule has 2 rings (SSSR count). The highest BCUT2D eigenvalue weighted by atomic mass is 16.5. The van der Waals surface area contributed by atoms with Crippen LogP contribution in [0, 0.1) is 0 Å². The first kappa shape index (κ1) is 17.2. The average molecular weight is 316 g/mol. The van der Waals surface area contributed by atoms with E-state index in [0.29, 0.717) is 25.1 Å². The van der Waals surface area contributed by atoms with Crippen LogP contribution in [0.5, 0.6) is 0 Å². The second-order valence-electron chi connectivity index (χ2n) is 6.90. The molecule has 2 N–H and O–H groups in total. The Morgan fingerprint density at radius 1 is 1.26 bits per heavy atom. The van der Waals surface area contributed by atoms with Gasteiger partial charge in [0, 0.05) is 25.1 Å². The summed E-state index contributed by atoms with van der Waals surface area (Å²) in [6, 6.07) is 8.34. The fraction of sp³-hybridized carbons (Fsp3) is 0.444. The summed E-state index contributed by atoms with van der Waals surface area (Å²) in [5.74, 6) is -0.509. The van der Waals surface area contributed by atoms with Gasteiger partial charge in [-0.05, 0) is 23.0 Å². The number of carbonyl (C=O) groups is 2. The largest absolute Gasteiger partial charge is 0.331 e. The molecule has 0 aliphatic carbocycles. The van der Waals surface area contributed by atoms with Gasteiger partial charge in [-0.2, -0.15) is 0 Å². The van der Waals surface area contributed by atoms with E-state index in [2.05, 4.69) is 45.0 Å². The molecule has 0 saturated heterocycles.